The van der Waals surface area contributed by atoms with Crippen molar-refractivity contribution in [2.75, 3.05) is 6.54 Å². The lowest BCUT2D eigenvalue weighted by molar-refractivity contribution is 0.0948. The highest BCUT2D eigenvalue weighted by Crippen LogP contribution is 2.14. The molecule has 0 atom stereocenters. The van der Waals surface area contributed by atoms with Gasteiger partial charge in [0.1, 0.15) is 5.84 Å². The molecule has 17 heavy (non-hydrogen) atoms. The smallest absolute Gasteiger partial charge is 0.279 e. The Kier molecular flexibility index (Phi) is 5.42. The van der Waals surface area contributed by atoms with Gasteiger partial charge < -0.3 is 0 Å². The average Bonchev–Trinajstić information content (AvgIpc) is 2.73. The topological polar surface area (TPSA) is 53.5 Å². The van der Waals surface area contributed by atoms with Gasteiger partial charge in [-0.3, -0.25) is 20.6 Å². The van der Waals surface area contributed by atoms with Crippen molar-refractivity contribution in [1.29, 1.82) is 0 Å². The van der Waals surface area contributed by atoms with Crippen LogP contribution in [0, 0.1) is 6.92 Å². The number of carbonyl (C=O) groups excluding carboxylic acids is 1. The lowest BCUT2D eigenvalue weighted by Gasteiger charge is -2.06. The number of hydrogen-bond acceptors (Lipinski definition) is 3. The second kappa shape index (κ2) is 6.85. The molecule has 0 fully saturated rings. The molecule has 4 nitrogen and oxygen atoms in total. The van der Waals surface area contributed by atoms with E-state index in [1.807, 2.05) is 45.1 Å². The van der Waals surface area contributed by atoms with E-state index in [0.29, 0.717) is 17.3 Å². The minimum Gasteiger partial charge on any atom is -0.282 e. The van der Waals surface area contributed by atoms with Gasteiger partial charge in [-0.2, -0.15) is 0 Å². The van der Waals surface area contributed by atoms with Gasteiger partial charge in [0.15, 0.2) is 0 Å². The summed E-state index contributed by atoms with van der Waals surface area (Å²) in [6.07, 6.45) is 3.67. The van der Waals surface area contributed by atoms with Crippen molar-refractivity contribution in [2.45, 2.75) is 20.8 Å². The predicted molar refractivity (Wildman–Crippen MR) is 76.7 cm³/mol. The first-order chi connectivity index (χ1) is 8.17. The zero-order valence-electron chi connectivity index (χ0n) is 10.3. The number of hydrazine groups is 1. The van der Waals surface area contributed by atoms with E-state index >= 15 is 0 Å². The Balaban J connectivity index is 0. The van der Waals surface area contributed by atoms with Crippen molar-refractivity contribution in [3.63, 3.8) is 0 Å². The van der Waals surface area contributed by atoms with Crippen LogP contribution in [0.4, 0.5) is 0 Å². The van der Waals surface area contributed by atoms with E-state index in [1.165, 1.54) is 11.3 Å². The molecule has 5 heteroatoms. The van der Waals surface area contributed by atoms with E-state index in [0.717, 1.165) is 4.88 Å². The van der Waals surface area contributed by atoms with E-state index in [1.54, 1.807) is 0 Å². The molecule has 0 saturated carbocycles. The number of amidine groups is 1. The number of amides is 1. The zero-order chi connectivity index (χ0) is 12.7. The number of thiophene rings is 1. The second-order valence-electron chi connectivity index (χ2n) is 3.35. The summed E-state index contributed by atoms with van der Waals surface area (Å²) in [4.78, 5) is 17.7. The number of aliphatic imine (C=N–C) groups is 1. The Morgan fingerprint density at radius 3 is 2.82 bits per heavy atom. The van der Waals surface area contributed by atoms with Crippen molar-refractivity contribution < 1.29 is 7.65 Å². The molecule has 1 amide bonds. The van der Waals surface area contributed by atoms with Gasteiger partial charge in [-0.25, -0.2) is 0 Å². The van der Waals surface area contributed by atoms with E-state index in [9.17, 15) is 4.79 Å². The van der Waals surface area contributed by atoms with Crippen LogP contribution in [0.3, 0.4) is 0 Å². The molecule has 0 bridgehead atoms. The molecule has 0 unspecified atom stereocenters. The van der Waals surface area contributed by atoms with E-state index in [-0.39, 0.29) is 8.76 Å². The van der Waals surface area contributed by atoms with Gasteiger partial charge in [0.25, 0.3) is 5.91 Å². The lowest BCUT2D eigenvalue weighted by atomic mass is 10.4. The molecule has 1 aromatic rings. The Morgan fingerprint density at radius 1 is 1.53 bits per heavy atom. The zero-order valence-corrected chi connectivity index (χ0v) is 11.1. The summed E-state index contributed by atoms with van der Waals surface area (Å²) >= 11 is 1.46. The molecular formula is C12H21N3OS. The summed E-state index contributed by atoms with van der Waals surface area (Å²) in [6, 6.07) is 3.73. The largest absolute Gasteiger partial charge is 0.282 e. The first-order valence-corrected chi connectivity index (χ1v) is 6.29. The quantitative estimate of drug-likeness (QED) is 0.496. The van der Waals surface area contributed by atoms with Crippen LogP contribution in [0.25, 0.3) is 0 Å². The van der Waals surface area contributed by atoms with Gasteiger partial charge in [0.2, 0.25) is 0 Å². The molecular weight excluding hydrogens is 234 g/mol. The van der Waals surface area contributed by atoms with Gasteiger partial charge in [-0.05, 0) is 39.0 Å². The Morgan fingerprint density at radius 2 is 2.29 bits per heavy atom. The van der Waals surface area contributed by atoms with Crippen LogP contribution in [-0.2, 0) is 0 Å². The number of nitrogens with zero attached hydrogens (tertiary/aromatic N) is 1. The summed E-state index contributed by atoms with van der Waals surface area (Å²) < 4.78 is 0. The molecule has 0 aliphatic carbocycles. The monoisotopic (exact) mass is 255 g/mol. The maximum absolute atomic E-state index is 11.7. The van der Waals surface area contributed by atoms with E-state index in [4.69, 9.17) is 0 Å². The van der Waals surface area contributed by atoms with Crippen LogP contribution in [0.15, 0.2) is 29.3 Å². The summed E-state index contributed by atoms with van der Waals surface area (Å²) in [5.74, 6) is 0.507. The average molecular weight is 255 g/mol. The number of nitrogens with one attached hydrogen (secondary N) is 2. The first-order valence-electron chi connectivity index (χ1n) is 5.47. The fraction of sp³-hybridized carbons (Fsp3) is 0.333. The fourth-order valence-electron chi connectivity index (χ4n) is 1.20. The first kappa shape index (κ1) is 13.4. The highest BCUT2D eigenvalue weighted by Gasteiger charge is 2.07. The molecule has 0 aliphatic rings. The van der Waals surface area contributed by atoms with Gasteiger partial charge in [-0.15, -0.1) is 11.3 Å². The highest BCUT2D eigenvalue weighted by atomic mass is 32.1. The van der Waals surface area contributed by atoms with Crippen LogP contribution in [0.5, 0.6) is 0 Å². The minimum absolute atomic E-state index is 0. The molecule has 1 aromatic heterocycles. The Bertz CT molecular complexity index is 444. The van der Waals surface area contributed by atoms with Crippen LogP contribution < -0.4 is 10.9 Å². The highest BCUT2D eigenvalue weighted by molar-refractivity contribution is 7.13. The van der Waals surface area contributed by atoms with Crippen molar-refractivity contribution in [3.05, 3.63) is 34.0 Å². The molecule has 0 saturated heterocycles. The maximum Gasteiger partial charge on any atom is 0.279 e. The van der Waals surface area contributed by atoms with E-state index < -0.39 is 0 Å². The lowest BCUT2D eigenvalue weighted by Crippen LogP contribution is -2.40. The molecule has 96 valence electrons. The summed E-state index contributed by atoms with van der Waals surface area (Å²) in [6.45, 7) is 6.48. The van der Waals surface area contributed by atoms with Crippen molar-refractivity contribution in [1.82, 2.24) is 10.9 Å². The van der Waals surface area contributed by atoms with Gasteiger partial charge >= 0.3 is 0 Å². The SMILES string of the molecule is C/C=C\C(=NCC)NNC(=O)c1ccc(C)s1.[HH].[HH]. The second-order valence-corrected chi connectivity index (χ2v) is 4.64. The third-order valence-electron chi connectivity index (χ3n) is 1.92. The number of allylic oxidation sites excluding steroid dienone is 1. The molecule has 0 aliphatic heterocycles. The minimum atomic E-state index is -0.142. The van der Waals surface area contributed by atoms with Crippen molar-refractivity contribution in [2.24, 2.45) is 4.99 Å². The molecule has 0 radical (unpaired) electrons. The molecule has 1 heterocycles. The fourth-order valence-corrected chi connectivity index (χ4v) is 1.96. The van der Waals surface area contributed by atoms with Crippen LogP contribution in [-0.4, -0.2) is 18.3 Å². The Labute approximate surface area is 108 Å². The number of hydrogen-bond donors (Lipinski definition) is 2. The number of aryl methyl sites for hydroxylation is 1. The standard InChI is InChI=1S/C12H17N3OS.2H2/c1-4-6-11(13-5-2)14-15-12(16)10-8-7-9(3)17-10;;/h4,6-8H,5H2,1-3H3,(H,13,14)(H,15,16);2*1H/b6-4-;;. The maximum atomic E-state index is 11.7. The normalized spacial score (nSPS) is 11.8. The van der Waals surface area contributed by atoms with Crippen LogP contribution in [0.2, 0.25) is 0 Å². The summed E-state index contributed by atoms with van der Waals surface area (Å²) in [5, 5.41) is 0. The number of rotatable bonds is 3. The van der Waals surface area contributed by atoms with Gasteiger partial charge in [0.05, 0.1) is 4.88 Å². The van der Waals surface area contributed by atoms with Crippen molar-refractivity contribution >= 4 is 23.1 Å². The Hall–Kier alpha value is -1.62. The van der Waals surface area contributed by atoms with Crippen LogP contribution >= 0.6 is 11.3 Å². The third-order valence-corrected chi connectivity index (χ3v) is 2.92. The number of carbonyl (C=O) groups is 1. The van der Waals surface area contributed by atoms with Crippen LogP contribution in [0.1, 0.15) is 31.2 Å². The van der Waals surface area contributed by atoms with Gasteiger partial charge in [-0.1, -0.05) is 6.08 Å². The molecule has 0 spiro atoms. The van der Waals surface area contributed by atoms with Gasteiger partial charge in [0, 0.05) is 14.3 Å². The summed E-state index contributed by atoms with van der Waals surface area (Å²) in [7, 11) is 0. The van der Waals surface area contributed by atoms with E-state index in [2.05, 4.69) is 15.8 Å². The molecule has 1 rings (SSSR count). The molecule has 0 aromatic carbocycles. The predicted octanol–water partition coefficient (Wildman–Crippen LogP) is 2.78. The third kappa shape index (κ3) is 4.40. The molecule has 2 N–H and O–H groups in total. The summed E-state index contributed by atoms with van der Waals surface area (Å²) in [5.41, 5.74) is 5.42. The van der Waals surface area contributed by atoms with Crippen molar-refractivity contribution in [3.8, 4) is 0 Å².